The lowest BCUT2D eigenvalue weighted by molar-refractivity contribution is -0.126. The molecule has 0 bridgehead atoms. The average molecular weight is 498 g/mol. The largest absolute Gasteiger partial charge is 0.497 e. The molecule has 178 valence electrons. The van der Waals surface area contributed by atoms with Gasteiger partial charge in [0.25, 0.3) is 5.91 Å². The number of Topliss-reactive ketones (excluding diaryl/α,β-unsaturated/α-hetero) is 1. The Morgan fingerprint density at radius 3 is 2.21 bits per heavy atom. The fourth-order valence-electron chi connectivity index (χ4n) is 2.73. The molecular weight excluding hydrogens is 473 g/mol. The summed E-state index contributed by atoms with van der Waals surface area (Å²) in [6, 6.07) is 4.75. The molecule has 2 rings (SSSR count). The van der Waals surface area contributed by atoms with E-state index in [0.717, 1.165) is 0 Å². The minimum Gasteiger partial charge on any atom is -0.497 e. The van der Waals surface area contributed by atoms with Gasteiger partial charge in [-0.1, -0.05) is 23.2 Å². The molecule has 0 fully saturated rings. The Morgan fingerprint density at radius 1 is 0.970 bits per heavy atom. The van der Waals surface area contributed by atoms with E-state index in [-0.39, 0.29) is 27.2 Å². The van der Waals surface area contributed by atoms with Crippen LogP contribution in [0, 0.1) is 0 Å². The monoisotopic (exact) mass is 497 g/mol. The molecule has 0 saturated heterocycles. The Hall–Kier alpha value is -3.04. The fraction of sp³-hybridized carbons (Fsp3) is 0.364. The smallest absolute Gasteiger partial charge is 0.258 e. The highest BCUT2D eigenvalue weighted by atomic mass is 35.5. The predicted octanol–water partition coefficient (Wildman–Crippen LogP) is 5.49. The van der Waals surface area contributed by atoms with E-state index in [1.807, 2.05) is 6.92 Å². The van der Waals surface area contributed by atoms with Crippen LogP contribution in [0.3, 0.4) is 0 Å². The minimum atomic E-state index is -1.46. The summed E-state index contributed by atoms with van der Waals surface area (Å²) in [5, 5.41) is 10.9. The number of anilines is 1. The van der Waals surface area contributed by atoms with Crippen LogP contribution >= 0.6 is 23.2 Å². The summed E-state index contributed by atoms with van der Waals surface area (Å²) in [6.07, 6.45) is 0. The number of nitrogens with one attached hydrogen (secondary N) is 1. The van der Waals surface area contributed by atoms with Crippen molar-refractivity contribution >= 4 is 46.3 Å². The summed E-state index contributed by atoms with van der Waals surface area (Å²) >= 11 is 12.6. The highest BCUT2D eigenvalue weighted by Crippen LogP contribution is 2.40. The number of carbonyl (C=O) groups is 2. The number of benzene rings is 2. The SMILES string of the molecule is CCOc1cc(Cl)c(N=NC(C(C)=O)C(=O)Nc2cc(OC)cc(OC)c2Cl)c(OCC)c1. The molecule has 0 aliphatic carbocycles. The van der Waals surface area contributed by atoms with Crippen molar-refractivity contribution < 1.29 is 28.5 Å². The summed E-state index contributed by atoms with van der Waals surface area (Å²) in [5.74, 6) is 0.198. The maximum Gasteiger partial charge on any atom is 0.258 e. The van der Waals surface area contributed by atoms with Crippen LogP contribution in [-0.2, 0) is 9.59 Å². The van der Waals surface area contributed by atoms with E-state index in [2.05, 4.69) is 15.5 Å². The van der Waals surface area contributed by atoms with Gasteiger partial charge < -0.3 is 24.3 Å². The molecule has 9 nitrogen and oxygen atoms in total. The Kier molecular flexibility index (Phi) is 9.74. The van der Waals surface area contributed by atoms with Crippen LogP contribution < -0.4 is 24.3 Å². The van der Waals surface area contributed by atoms with Crippen molar-refractivity contribution in [2.45, 2.75) is 26.8 Å². The molecule has 0 aromatic heterocycles. The van der Waals surface area contributed by atoms with Gasteiger partial charge in [0.2, 0.25) is 6.04 Å². The van der Waals surface area contributed by atoms with Crippen LogP contribution in [0.4, 0.5) is 11.4 Å². The van der Waals surface area contributed by atoms with Gasteiger partial charge in [-0.25, -0.2) is 0 Å². The predicted molar refractivity (Wildman–Crippen MR) is 126 cm³/mol. The zero-order chi connectivity index (χ0) is 24.5. The average Bonchev–Trinajstić information content (AvgIpc) is 2.77. The van der Waals surface area contributed by atoms with E-state index >= 15 is 0 Å². The fourth-order valence-corrected chi connectivity index (χ4v) is 3.20. The minimum absolute atomic E-state index is 0.138. The van der Waals surface area contributed by atoms with E-state index < -0.39 is 17.7 Å². The maximum absolute atomic E-state index is 12.9. The molecule has 0 heterocycles. The van der Waals surface area contributed by atoms with Crippen molar-refractivity contribution in [2.24, 2.45) is 10.2 Å². The number of amides is 1. The summed E-state index contributed by atoms with van der Waals surface area (Å²) in [7, 11) is 2.88. The van der Waals surface area contributed by atoms with Gasteiger partial charge in [0, 0.05) is 24.3 Å². The number of hydrogen-bond donors (Lipinski definition) is 1. The van der Waals surface area contributed by atoms with Crippen molar-refractivity contribution in [3.63, 3.8) is 0 Å². The standard InChI is InChI=1S/C22H25Cl2N3O6/c1-6-32-14-8-15(23)21(18(11-14)33-7-2)27-26-20(12(3)28)22(29)25-16-9-13(30-4)10-17(31-5)19(16)24/h8-11,20H,6-7H2,1-5H3,(H,25,29). The second-order valence-corrected chi connectivity index (χ2v) is 7.31. The topological polar surface area (TPSA) is 108 Å². The number of methoxy groups -OCH3 is 2. The summed E-state index contributed by atoms with van der Waals surface area (Å²) < 4.78 is 21.4. The van der Waals surface area contributed by atoms with Gasteiger partial charge in [0.15, 0.2) is 11.5 Å². The van der Waals surface area contributed by atoms with Crippen molar-refractivity contribution in [2.75, 3.05) is 32.8 Å². The lowest BCUT2D eigenvalue weighted by Gasteiger charge is -2.15. The van der Waals surface area contributed by atoms with E-state index in [1.165, 1.54) is 27.2 Å². The van der Waals surface area contributed by atoms with E-state index in [4.69, 9.17) is 42.1 Å². The van der Waals surface area contributed by atoms with Crippen LogP contribution in [0.2, 0.25) is 10.0 Å². The zero-order valence-electron chi connectivity index (χ0n) is 18.9. The van der Waals surface area contributed by atoms with Crippen molar-refractivity contribution in [1.29, 1.82) is 0 Å². The van der Waals surface area contributed by atoms with Crippen LogP contribution in [0.5, 0.6) is 23.0 Å². The molecule has 1 N–H and O–H groups in total. The van der Waals surface area contributed by atoms with Crippen LogP contribution in [0.25, 0.3) is 0 Å². The number of ether oxygens (including phenoxy) is 4. The first-order valence-corrected chi connectivity index (χ1v) is 10.7. The molecule has 11 heteroatoms. The maximum atomic E-state index is 12.9. The first-order chi connectivity index (χ1) is 15.7. The second-order valence-electron chi connectivity index (χ2n) is 6.53. The van der Waals surface area contributed by atoms with Gasteiger partial charge in [-0.3, -0.25) is 9.59 Å². The third-order valence-corrected chi connectivity index (χ3v) is 4.92. The number of ketones is 1. The molecule has 1 amide bonds. The highest BCUT2D eigenvalue weighted by Gasteiger charge is 2.25. The number of hydrogen-bond acceptors (Lipinski definition) is 8. The summed E-state index contributed by atoms with van der Waals surface area (Å²) in [5.41, 5.74) is 0.357. The van der Waals surface area contributed by atoms with Crippen LogP contribution in [-0.4, -0.2) is 45.2 Å². The van der Waals surface area contributed by atoms with Crippen LogP contribution in [0.1, 0.15) is 20.8 Å². The lowest BCUT2D eigenvalue weighted by Crippen LogP contribution is -2.32. The number of carbonyl (C=O) groups excluding carboxylic acids is 2. The van der Waals surface area contributed by atoms with Gasteiger partial charge in [-0.15, -0.1) is 5.11 Å². The third kappa shape index (κ3) is 6.72. The first-order valence-electron chi connectivity index (χ1n) is 9.98. The molecule has 0 radical (unpaired) electrons. The van der Waals surface area contributed by atoms with Gasteiger partial charge in [-0.2, -0.15) is 5.11 Å². The number of azo groups is 1. The Bertz CT molecular complexity index is 1050. The highest BCUT2D eigenvalue weighted by molar-refractivity contribution is 6.35. The number of rotatable bonds is 11. The lowest BCUT2D eigenvalue weighted by atomic mass is 10.2. The molecule has 2 aromatic carbocycles. The number of nitrogens with zero attached hydrogens (tertiary/aromatic N) is 2. The van der Waals surface area contributed by atoms with Gasteiger partial charge >= 0.3 is 0 Å². The van der Waals surface area contributed by atoms with Crippen molar-refractivity contribution in [1.82, 2.24) is 0 Å². The van der Waals surface area contributed by atoms with E-state index in [1.54, 1.807) is 25.1 Å². The third-order valence-electron chi connectivity index (χ3n) is 4.25. The molecule has 33 heavy (non-hydrogen) atoms. The second kappa shape index (κ2) is 12.3. The van der Waals surface area contributed by atoms with Crippen molar-refractivity contribution in [3.05, 3.63) is 34.3 Å². The molecule has 0 aliphatic heterocycles. The molecule has 2 aromatic rings. The molecule has 0 saturated carbocycles. The first kappa shape index (κ1) is 26.2. The Morgan fingerprint density at radius 2 is 1.64 bits per heavy atom. The Labute approximate surface area is 202 Å². The normalized spacial score (nSPS) is 11.7. The summed E-state index contributed by atoms with van der Waals surface area (Å²) in [4.78, 5) is 25.0. The Balaban J connectivity index is 2.37. The number of halogens is 2. The van der Waals surface area contributed by atoms with Crippen molar-refractivity contribution in [3.8, 4) is 23.0 Å². The van der Waals surface area contributed by atoms with Crippen LogP contribution in [0.15, 0.2) is 34.5 Å². The van der Waals surface area contributed by atoms with E-state index in [0.29, 0.717) is 30.5 Å². The van der Waals surface area contributed by atoms with Gasteiger partial charge in [0.05, 0.1) is 38.1 Å². The molecule has 0 spiro atoms. The molecule has 0 aliphatic rings. The quantitative estimate of drug-likeness (QED) is 0.324. The van der Waals surface area contributed by atoms with E-state index in [9.17, 15) is 9.59 Å². The summed E-state index contributed by atoms with van der Waals surface area (Å²) in [6.45, 7) is 5.62. The molecule has 1 atom stereocenters. The van der Waals surface area contributed by atoms with Gasteiger partial charge in [-0.05, 0) is 20.8 Å². The zero-order valence-corrected chi connectivity index (χ0v) is 20.4. The molecule has 1 unspecified atom stereocenters. The molecular formula is C22H25Cl2N3O6. The van der Waals surface area contributed by atoms with Gasteiger partial charge in [0.1, 0.15) is 28.0 Å².